The molecule has 1 atom stereocenters. The molecule has 0 fully saturated rings. The van der Waals surface area contributed by atoms with E-state index in [0.717, 1.165) is 45.2 Å². The molecule has 5 nitrogen and oxygen atoms in total. The molecule has 0 bridgehead atoms. The topological polar surface area (TPSA) is 44.6 Å². The van der Waals surface area contributed by atoms with E-state index in [9.17, 15) is 0 Å². The second-order valence-electron chi connectivity index (χ2n) is 5.14. The molecule has 0 aliphatic rings. The molecule has 6 heteroatoms. The Morgan fingerprint density at radius 2 is 1.77 bits per heavy atom. The average Bonchev–Trinajstić information content (AvgIpc) is 2.99. The molecule has 1 heterocycles. The Morgan fingerprint density at radius 3 is 2.32 bits per heavy atom. The number of guanidine groups is 1. The molecule has 0 saturated carbocycles. The fourth-order valence-electron chi connectivity index (χ4n) is 2.35. The molecule has 22 heavy (non-hydrogen) atoms. The molecule has 0 amide bonds. The Labute approximate surface area is 152 Å². The lowest BCUT2D eigenvalue weighted by molar-refractivity contribution is 0.237. The van der Waals surface area contributed by atoms with Gasteiger partial charge in [-0.15, -0.1) is 24.0 Å². The van der Waals surface area contributed by atoms with Gasteiger partial charge >= 0.3 is 0 Å². The molecule has 1 aromatic rings. The number of aliphatic imine (C=N–C) groups is 1. The van der Waals surface area contributed by atoms with Gasteiger partial charge in [-0.1, -0.05) is 13.8 Å². The lowest BCUT2D eigenvalue weighted by Crippen LogP contribution is -2.41. The molecule has 0 spiro atoms. The SMILES string of the molecule is CCNC(=NCC(C)N(CC)CC)NCCn1cccc1.I. The normalized spacial score (nSPS) is 12.9. The summed E-state index contributed by atoms with van der Waals surface area (Å²) in [4.78, 5) is 7.12. The summed E-state index contributed by atoms with van der Waals surface area (Å²) in [7, 11) is 0. The molecule has 128 valence electrons. The summed E-state index contributed by atoms with van der Waals surface area (Å²) in [6.45, 7) is 14.4. The van der Waals surface area contributed by atoms with Gasteiger partial charge in [-0.25, -0.2) is 0 Å². The highest BCUT2D eigenvalue weighted by Crippen LogP contribution is 1.98. The lowest BCUT2D eigenvalue weighted by Gasteiger charge is -2.25. The summed E-state index contributed by atoms with van der Waals surface area (Å²) >= 11 is 0. The van der Waals surface area contributed by atoms with E-state index in [1.165, 1.54) is 0 Å². The molecular weight excluding hydrogens is 389 g/mol. The van der Waals surface area contributed by atoms with E-state index in [0.29, 0.717) is 6.04 Å². The summed E-state index contributed by atoms with van der Waals surface area (Å²) in [5.74, 6) is 0.906. The minimum absolute atomic E-state index is 0. The van der Waals surface area contributed by atoms with Crippen molar-refractivity contribution in [1.29, 1.82) is 0 Å². The van der Waals surface area contributed by atoms with Crippen LogP contribution >= 0.6 is 24.0 Å². The van der Waals surface area contributed by atoms with Crippen molar-refractivity contribution >= 4 is 29.9 Å². The van der Waals surface area contributed by atoms with Crippen molar-refractivity contribution in [3.8, 4) is 0 Å². The van der Waals surface area contributed by atoms with E-state index in [-0.39, 0.29) is 24.0 Å². The second kappa shape index (κ2) is 12.8. The third kappa shape index (κ3) is 8.03. The summed E-state index contributed by atoms with van der Waals surface area (Å²) in [6.07, 6.45) is 4.16. The largest absolute Gasteiger partial charge is 0.357 e. The Morgan fingerprint density at radius 1 is 1.14 bits per heavy atom. The van der Waals surface area contributed by atoms with Crippen LogP contribution in [0.15, 0.2) is 29.5 Å². The van der Waals surface area contributed by atoms with Gasteiger partial charge < -0.3 is 15.2 Å². The smallest absolute Gasteiger partial charge is 0.191 e. The van der Waals surface area contributed by atoms with Gasteiger partial charge in [0.25, 0.3) is 0 Å². The van der Waals surface area contributed by atoms with Crippen LogP contribution in [0.5, 0.6) is 0 Å². The van der Waals surface area contributed by atoms with E-state index in [4.69, 9.17) is 4.99 Å². The number of rotatable bonds is 9. The van der Waals surface area contributed by atoms with E-state index in [1.807, 2.05) is 12.1 Å². The number of halogens is 1. The minimum Gasteiger partial charge on any atom is -0.357 e. The van der Waals surface area contributed by atoms with Crippen LogP contribution in [0.3, 0.4) is 0 Å². The highest BCUT2D eigenvalue weighted by molar-refractivity contribution is 14.0. The summed E-state index contributed by atoms with van der Waals surface area (Å²) in [5.41, 5.74) is 0. The van der Waals surface area contributed by atoms with Crippen LogP contribution in [-0.2, 0) is 6.54 Å². The summed E-state index contributed by atoms with van der Waals surface area (Å²) in [6, 6.07) is 4.57. The van der Waals surface area contributed by atoms with E-state index < -0.39 is 0 Å². The molecule has 0 aliphatic carbocycles. The quantitative estimate of drug-likeness (QED) is 0.366. The van der Waals surface area contributed by atoms with Crippen LogP contribution in [0.2, 0.25) is 0 Å². The van der Waals surface area contributed by atoms with Crippen molar-refractivity contribution in [2.75, 3.05) is 32.7 Å². The molecule has 0 aliphatic heterocycles. The predicted molar refractivity (Wildman–Crippen MR) is 106 cm³/mol. The number of aromatic nitrogens is 1. The first kappa shape index (κ1) is 21.2. The van der Waals surface area contributed by atoms with Crippen molar-refractivity contribution in [1.82, 2.24) is 20.1 Å². The van der Waals surface area contributed by atoms with Crippen LogP contribution in [0.25, 0.3) is 0 Å². The minimum atomic E-state index is 0. The first-order valence-corrected chi connectivity index (χ1v) is 8.08. The molecule has 0 radical (unpaired) electrons. The van der Waals surface area contributed by atoms with Crippen LogP contribution in [-0.4, -0.2) is 54.2 Å². The monoisotopic (exact) mass is 421 g/mol. The number of hydrogen-bond acceptors (Lipinski definition) is 2. The maximum absolute atomic E-state index is 4.69. The van der Waals surface area contributed by atoms with Gasteiger partial charge in [0.05, 0.1) is 6.54 Å². The van der Waals surface area contributed by atoms with Gasteiger partial charge in [0, 0.05) is 38.1 Å². The lowest BCUT2D eigenvalue weighted by atomic mass is 10.3. The maximum Gasteiger partial charge on any atom is 0.191 e. The second-order valence-corrected chi connectivity index (χ2v) is 5.14. The average molecular weight is 421 g/mol. The van der Waals surface area contributed by atoms with Crippen LogP contribution < -0.4 is 10.6 Å². The van der Waals surface area contributed by atoms with Crippen molar-refractivity contribution < 1.29 is 0 Å². The van der Waals surface area contributed by atoms with E-state index in [1.54, 1.807) is 0 Å². The number of likely N-dealkylation sites (N-methyl/N-ethyl adjacent to an activating group) is 1. The van der Waals surface area contributed by atoms with Gasteiger partial charge in [0.2, 0.25) is 0 Å². The molecule has 0 saturated heterocycles. The van der Waals surface area contributed by atoms with E-state index in [2.05, 4.69) is 60.2 Å². The number of nitrogens with one attached hydrogen (secondary N) is 2. The Bertz CT molecular complexity index is 387. The third-order valence-corrected chi connectivity index (χ3v) is 3.62. The van der Waals surface area contributed by atoms with Gasteiger partial charge in [-0.2, -0.15) is 0 Å². The molecular formula is C16H32IN5. The van der Waals surface area contributed by atoms with Crippen molar-refractivity contribution in [3.05, 3.63) is 24.5 Å². The van der Waals surface area contributed by atoms with Gasteiger partial charge in [-0.3, -0.25) is 9.89 Å². The summed E-state index contributed by atoms with van der Waals surface area (Å²) in [5, 5.41) is 6.69. The highest BCUT2D eigenvalue weighted by Gasteiger charge is 2.09. The molecule has 1 unspecified atom stereocenters. The molecule has 0 aromatic carbocycles. The van der Waals surface area contributed by atoms with Gasteiger partial charge in [0.15, 0.2) is 5.96 Å². The fraction of sp³-hybridized carbons (Fsp3) is 0.688. The highest BCUT2D eigenvalue weighted by atomic mass is 127. The first-order valence-electron chi connectivity index (χ1n) is 8.08. The maximum atomic E-state index is 4.69. The van der Waals surface area contributed by atoms with Crippen LogP contribution in [0, 0.1) is 0 Å². The molecule has 1 aromatic heterocycles. The van der Waals surface area contributed by atoms with Crippen LogP contribution in [0.4, 0.5) is 0 Å². The molecule has 2 N–H and O–H groups in total. The zero-order chi connectivity index (χ0) is 15.5. The Balaban J connectivity index is 0.00000441. The Hall–Kier alpha value is -0.760. The number of nitrogens with zero attached hydrogens (tertiary/aromatic N) is 3. The predicted octanol–water partition coefficient (Wildman–Crippen LogP) is 2.39. The molecule has 1 rings (SSSR count). The van der Waals surface area contributed by atoms with Gasteiger partial charge in [-0.05, 0) is 39.1 Å². The standard InChI is InChI=1S/C16H31N5.HI/c1-5-17-16(18-10-13-20-11-8-9-12-20)19-14-15(4)21(6-2)7-3;/h8-9,11-12,15H,5-7,10,13-14H2,1-4H3,(H2,17,18,19);1H. The zero-order valence-corrected chi connectivity index (χ0v) is 16.7. The first-order chi connectivity index (χ1) is 10.2. The summed E-state index contributed by atoms with van der Waals surface area (Å²) < 4.78 is 2.16. The third-order valence-electron chi connectivity index (χ3n) is 3.62. The van der Waals surface area contributed by atoms with Crippen molar-refractivity contribution in [2.24, 2.45) is 4.99 Å². The Kier molecular flexibility index (Phi) is 12.3. The van der Waals surface area contributed by atoms with E-state index >= 15 is 0 Å². The number of hydrogen-bond donors (Lipinski definition) is 2. The fourth-order valence-corrected chi connectivity index (χ4v) is 2.35. The van der Waals surface area contributed by atoms with Crippen molar-refractivity contribution in [2.45, 2.75) is 40.3 Å². The van der Waals surface area contributed by atoms with Crippen LogP contribution in [0.1, 0.15) is 27.7 Å². The zero-order valence-electron chi connectivity index (χ0n) is 14.4. The van der Waals surface area contributed by atoms with Crippen molar-refractivity contribution in [3.63, 3.8) is 0 Å². The van der Waals surface area contributed by atoms with Gasteiger partial charge in [0.1, 0.15) is 0 Å².